The molecule has 5 nitrogen and oxygen atoms in total. The molecule has 128 valence electrons. The topological polar surface area (TPSA) is 70.6 Å². The summed E-state index contributed by atoms with van der Waals surface area (Å²) in [5.41, 5.74) is -0.231. The highest BCUT2D eigenvalue weighted by molar-refractivity contribution is 5.78. The molecule has 2 rings (SSSR count). The molecule has 2 saturated carbocycles. The Morgan fingerprint density at radius 2 is 1.95 bits per heavy atom. The van der Waals surface area contributed by atoms with E-state index in [4.69, 9.17) is 4.74 Å². The average molecular weight is 312 g/mol. The lowest BCUT2D eigenvalue weighted by Crippen LogP contribution is -2.50. The van der Waals surface area contributed by atoms with E-state index in [1.807, 2.05) is 0 Å². The molecule has 0 spiro atoms. The fourth-order valence-electron chi connectivity index (χ4n) is 3.70. The minimum absolute atomic E-state index is 0.0139. The Hall–Kier alpha value is -0.650. The highest BCUT2D eigenvalue weighted by Crippen LogP contribution is 2.28. The van der Waals surface area contributed by atoms with Crippen LogP contribution in [0.5, 0.6) is 0 Å². The molecule has 0 saturated heterocycles. The van der Waals surface area contributed by atoms with Gasteiger partial charge in [0.1, 0.15) is 0 Å². The number of amides is 1. The van der Waals surface area contributed by atoms with E-state index in [-0.39, 0.29) is 24.6 Å². The van der Waals surface area contributed by atoms with Gasteiger partial charge in [0.2, 0.25) is 5.91 Å². The molecule has 1 amide bonds. The van der Waals surface area contributed by atoms with Crippen LogP contribution in [-0.4, -0.2) is 49.0 Å². The summed E-state index contributed by atoms with van der Waals surface area (Å²) >= 11 is 0. The number of nitrogens with one attached hydrogen (secondary N) is 2. The lowest BCUT2D eigenvalue weighted by molar-refractivity contribution is -0.121. The van der Waals surface area contributed by atoms with Crippen molar-refractivity contribution in [1.29, 1.82) is 0 Å². The van der Waals surface area contributed by atoms with Gasteiger partial charge in [-0.1, -0.05) is 32.6 Å². The third kappa shape index (κ3) is 5.21. The Morgan fingerprint density at radius 1 is 1.23 bits per heavy atom. The SMILES string of the molecule is CC1CCCCC1OCCNC(=O)CNC1(CO)CCCC1. The molecule has 2 aliphatic carbocycles. The highest BCUT2D eigenvalue weighted by Gasteiger charge is 2.32. The Balaban J connectivity index is 1.56. The van der Waals surface area contributed by atoms with Gasteiger partial charge in [0.25, 0.3) is 0 Å². The molecule has 5 heteroatoms. The van der Waals surface area contributed by atoms with E-state index in [1.165, 1.54) is 19.3 Å². The van der Waals surface area contributed by atoms with Gasteiger partial charge in [-0.15, -0.1) is 0 Å². The maximum absolute atomic E-state index is 11.9. The maximum atomic E-state index is 11.9. The van der Waals surface area contributed by atoms with Gasteiger partial charge in [-0.3, -0.25) is 4.79 Å². The molecule has 0 bridgehead atoms. The fraction of sp³-hybridized carbons (Fsp3) is 0.941. The largest absolute Gasteiger partial charge is 0.394 e. The molecule has 0 radical (unpaired) electrons. The van der Waals surface area contributed by atoms with E-state index in [9.17, 15) is 9.90 Å². The van der Waals surface area contributed by atoms with Crippen LogP contribution in [0, 0.1) is 5.92 Å². The molecular weight excluding hydrogens is 280 g/mol. The second kappa shape index (κ2) is 8.85. The van der Waals surface area contributed by atoms with Crippen LogP contribution in [0.4, 0.5) is 0 Å². The fourth-order valence-corrected chi connectivity index (χ4v) is 3.70. The van der Waals surface area contributed by atoms with Crippen LogP contribution in [0.15, 0.2) is 0 Å². The molecule has 0 heterocycles. The van der Waals surface area contributed by atoms with Crippen molar-refractivity contribution >= 4 is 5.91 Å². The number of rotatable bonds is 8. The van der Waals surface area contributed by atoms with E-state index in [1.54, 1.807) is 0 Å². The van der Waals surface area contributed by atoms with Crippen molar-refractivity contribution in [3.63, 3.8) is 0 Å². The van der Waals surface area contributed by atoms with Crippen molar-refractivity contribution < 1.29 is 14.6 Å². The predicted molar refractivity (Wildman–Crippen MR) is 86.7 cm³/mol. The zero-order valence-electron chi connectivity index (χ0n) is 13.9. The van der Waals surface area contributed by atoms with Crippen LogP contribution in [0.2, 0.25) is 0 Å². The first-order valence-corrected chi connectivity index (χ1v) is 8.89. The van der Waals surface area contributed by atoms with E-state index < -0.39 is 0 Å². The lowest BCUT2D eigenvalue weighted by atomic mass is 9.88. The number of carbonyl (C=O) groups is 1. The van der Waals surface area contributed by atoms with Crippen molar-refractivity contribution in [2.24, 2.45) is 5.92 Å². The summed E-state index contributed by atoms with van der Waals surface area (Å²) in [7, 11) is 0. The summed E-state index contributed by atoms with van der Waals surface area (Å²) in [5.74, 6) is 0.623. The number of carbonyl (C=O) groups excluding carboxylic acids is 1. The quantitative estimate of drug-likeness (QED) is 0.595. The van der Waals surface area contributed by atoms with Gasteiger partial charge < -0.3 is 20.5 Å². The maximum Gasteiger partial charge on any atom is 0.234 e. The van der Waals surface area contributed by atoms with Crippen LogP contribution < -0.4 is 10.6 Å². The minimum atomic E-state index is -0.231. The minimum Gasteiger partial charge on any atom is -0.394 e. The third-order valence-corrected chi connectivity index (χ3v) is 5.28. The van der Waals surface area contributed by atoms with Crippen LogP contribution in [0.1, 0.15) is 58.3 Å². The standard InChI is InChI=1S/C17H32N2O3/c1-14-6-2-3-7-15(14)22-11-10-18-16(21)12-19-17(13-20)8-4-5-9-17/h14-15,19-20H,2-13H2,1H3,(H,18,21). The summed E-state index contributed by atoms with van der Waals surface area (Å²) < 4.78 is 5.89. The molecule has 2 fully saturated rings. The zero-order chi connectivity index (χ0) is 15.8. The van der Waals surface area contributed by atoms with Crippen molar-refractivity contribution in [2.75, 3.05) is 26.3 Å². The molecule has 3 N–H and O–H groups in total. The second-order valence-electron chi connectivity index (χ2n) is 7.02. The van der Waals surface area contributed by atoms with Gasteiger partial charge in [0, 0.05) is 12.1 Å². The molecule has 0 aromatic rings. The summed E-state index contributed by atoms with van der Waals surface area (Å²) in [6.07, 6.45) is 9.51. The van der Waals surface area contributed by atoms with Crippen molar-refractivity contribution in [3.05, 3.63) is 0 Å². The first-order chi connectivity index (χ1) is 10.7. The summed E-state index contributed by atoms with van der Waals surface area (Å²) in [6.45, 7) is 3.80. The molecule has 2 atom stereocenters. The number of ether oxygens (including phenoxy) is 1. The van der Waals surface area contributed by atoms with E-state index >= 15 is 0 Å². The van der Waals surface area contributed by atoms with E-state index in [2.05, 4.69) is 17.6 Å². The average Bonchev–Trinajstić information content (AvgIpc) is 3.01. The van der Waals surface area contributed by atoms with Gasteiger partial charge >= 0.3 is 0 Å². The third-order valence-electron chi connectivity index (χ3n) is 5.28. The first kappa shape index (κ1) is 17.7. The smallest absolute Gasteiger partial charge is 0.234 e. The Kier molecular flexibility index (Phi) is 7.12. The predicted octanol–water partition coefficient (Wildman–Crippen LogP) is 1.59. The number of hydrogen-bond donors (Lipinski definition) is 3. The monoisotopic (exact) mass is 312 g/mol. The summed E-state index contributed by atoms with van der Waals surface area (Å²) in [6, 6.07) is 0. The van der Waals surface area contributed by atoms with Gasteiger partial charge in [-0.2, -0.15) is 0 Å². The zero-order valence-corrected chi connectivity index (χ0v) is 13.9. The highest BCUT2D eigenvalue weighted by atomic mass is 16.5. The summed E-state index contributed by atoms with van der Waals surface area (Å²) in [5, 5.41) is 15.6. The Bertz CT molecular complexity index is 343. The van der Waals surface area contributed by atoms with Crippen LogP contribution in [0.3, 0.4) is 0 Å². The van der Waals surface area contributed by atoms with Gasteiger partial charge in [0.05, 0.1) is 25.9 Å². The number of aliphatic hydroxyl groups excluding tert-OH is 1. The first-order valence-electron chi connectivity index (χ1n) is 8.89. The molecule has 0 aromatic carbocycles. The second-order valence-corrected chi connectivity index (χ2v) is 7.02. The van der Waals surface area contributed by atoms with Gasteiger partial charge in [0.15, 0.2) is 0 Å². The molecule has 0 aromatic heterocycles. The Labute approximate surface area is 134 Å². The molecule has 0 aliphatic heterocycles. The van der Waals surface area contributed by atoms with E-state index in [0.29, 0.717) is 25.2 Å². The van der Waals surface area contributed by atoms with Crippen molar-refractivity contribution in [2.45, 2.75) is 69.9 Å². The van der Waals surface area contributed by atoms with Crippen LogP contribution in [-0.2, 0) is 9.53 Å². The molecule has 2 unspecified atom stereocenters. The molecular formula is C17H32N2O3. The summed E-state index contributed by atoms with van der Waals surface area (Å²) in [4.78, 5) is 11.9. The number of aliphatic hydroxyl groups is 1. The van der Waals surface area contributed by atoms with Crippen molar-refractivity contribution in [1.82, 2.24) is 10.6 Å². The Morgan fingerprint density at radius 3 is 2.64 bits per heavy atom. The van der Waals surface area contributed by atoms with Crippen LogP contribution in [0.25, 0.3) is 0 Å². The normalized spacial score (nSPS) is 27.7. The molecule has 22 heavy (non-hydrogen) atoms. The van der Waals surface area contributed by atoms with Gasteiger partial charge in [-0.05, 0) is 31.6 Å². The number of hydrogen-bond acceptors (Lipinski definition) is 4. The molecule has 2 aliphatic rings. The van der Waals surface area contributed by atoms with Crippen molar-refractivity contribution in [3.8, 4) is 0 Å². The van der Waals surface area contributed by atoms with E-state index in [0.717, 1.165) is 32.1 Å². The van der Waals surface area contributed by atoms with Gasteiger partial charge in [-0.25, -0.2) is 0 Å². The van der Waals surface area contributed by atoms with Crippen LogP contribution >= 0.6 is 0 Å². The lowest BCUT2D eigenvalue weighted by Gasteiger charge is -2.29.